The number of nitrogens with zero attached hydrogens (tertiary/aromatic N) is 2. The molecular formula is C18H17F3N2O3S. The molecule has 1 fully saturated rings. The molecule has 0 spiro atoms. The second-order valence-electron chi connectivity index (χ2n) is 6.13. The monoisotopic (exact) mass is 398 g/mol. The lowest BCUT2D eigenvalue weighted by atomic mass is 10.1. The van der Waals surface area contributed by atoms with Crippen LogP contribution in [0.5, 0.6) is 0 Å². The van der Waals surface area contributed by atoms with Crippen molar-refractivity contribution < 1.29 is 26.4 Å². The predicted molar refractivity (Wildman–Crippen MR) is 92.0 cm³/mol. The Morgan fingerprint density at radius 1 is 0.852 bits per heavy atom. The maximum absolute atomic E-state index is 13.8. The van der Waals surface area contributed by atoms with Gasteiger partial charge in [0.2, 0.25) is 10.0 Å². The molecule has 0 unspecified atom stereocenters. The molecular weight excluding hydrogens is 381 g/mol. The standard InChI is InChI=1S/C18H17F3N2O3S/c19-13-2-5-15(6-3-13)27(25,26)23-9-1-8-22(10-11-23)18(24)16-12-14(20)4-7-17(16)21/h2-7,12H,1,8-11H2. The lowest BCUT2D eigenvalue weighted by Crippen LogP contribution is -2.37. The van der Waals surface area contributed by atoms with Gasteiger partial charge < -0.3 is 4.90 Å². The van der Waals surface area contributed by atoms with E-state index in [9.17, 15) is 26.4 Å². The largest absolute Gasteiger partial charge is 0.337 e. The molecule has 0 aromatic heterocycles. The van der Waals surface area contributed by atoms with Gasteiger partial charge in [-0.3, -0.25) is 4.79 Å². The molecule has 1 aliphatic heterocycles. The van der Waals surface area contributed by atoms with E-state index >= 15 is 0 Å². The van der Waals surface area contributed by atoms with Crippen LogP contribution < -0.4 is 0 Å². The molecule has 0 N–H and O–H groups in total. The molecule has 1 heterocycles. The SMILES string of the molecule is O=C(c1cc(F)ccc1F)N1CCCN(S(=O)(=O)c2ccc(F)cc2)CC1. The van der Waals surface area contributed by atoms with E-state index in [0.717, 1.165) is 30.3 Å². The Hall–Kier alpha value is -2.39. The van der Waals surface area contributed by atoms with Crippen LogP contribution in [0.1, 0.15) is 16.8 Å². The number of halogens is 3. The Morgan fingerprint density at radius 3 is 2.22 bits per heavy atom. The van der Waals surface area contributed by atoms with Gasteiger partial charge in [-0.05, 0) is 48.9 Å². The van der Waals surface area contributed by atoms with Crippen molar-refractivity contribution in [2.45, 2.75) is 11.3 Å². The summed E-state index contributed by atoms with van der Waals surface area (Å²) in [6.45, 7) is 0.414. The second-order valence-corrected chi connectivity index (χ2v) is 8.07. The van der Waals surface area contributed by atoms with Crippen LogP contribution in [0.3, 0.4) is 0 Å². The zero-order valence-electron chi connectivity index (χ0n) is 14.2. The highest BCUT2D eigenvalue weighted by molar-refractivity contribution is 7.89. The summed E-state index contributed by atoms with van der Waals surface area (Å²) < 4.78 is 66.8. The highest BCUT2D eigenvalue weighted by Gasteiger charge is 2.29. The number of hydrogen-bond acceptors (Lipinski definition) is 3. The Labute approximate surface area is 155 Å². The average molecular weight is 398 g/mol. The van der Waals surface area contributed by atoms with Crippen molar-refractivity contribution >= 4 is 15.9 Å². The zero-order chi connectivity index (χ0) is 19.6. The minimum absolute atomic E-state index is 0.00237. The molecule has 1 saturated heterocycles. The fourth-order valence-corrected chi connectivity index (χ4v) is 4.39. The van der Waals surface area contributed by atoms with Crippen molar-refractivity contribution in [3.8, 4) is 0 Å². The second kappa shape index (κ2) is 7.69. The van der Waals surface area contributed by atoms with Gasteiger partial charge in [0.1, 0.15) is 17.5 Å². The van der Waals surface area contributed by atoms with Crippen LogP contribution in [0.15, 0.2) is 47.4 Å². The Balaban J connectivity index is 1.76. The lowest BCUT2D eigenvalue weighted by molar-refractivity contribution is 0.0759. The van der Waals surface area contributed by atoms with E-state index < -0.39 is 33.4 Å². The third kappa shape index (κ3) is 4.14. The minimum atomic E-state index is -3.84. The molecule has 2 aromatic carbocycles. The van der Waals surface area contributed by atoms with Crippen LogP contribution in [0.4, 0.5) is 13.2 Å². The first-order chi connectivity index (χ1) is 12.8. The van der Waals surface area contributed by atoms with Gasteiger partial charge in [-0.25, -0.2) is 21.6 Å². The predicted octanol–water partition coefficient (Wildman–Crippen LogP) is 2.64. The summed E-state index contributed by atoms with van der Waals surface area (Å²) in [5.74, 6) is -2.79. The van der Waals surface area contributed by atoms with Crippen LogP contribution >= 0.6 is 0 Å². The van der Waals surface area contributed by atoms with E-state index in [1.807, 2.05) is 0 Å². The highest BCUT2D eigenvalue weighted by atomic mass is 32.2. The van der Waals surface area contributed by atoms with Crippen LogP contribution in [0, 0.1) is 17.5 Å². The molecule has 5 nitrogen and oxygen atoms in total. The van der Waals surface area contributed by atoms with Crippen LogP contribution in [0.2, 0.25) is 0 Å². The van der Waals surface area contributed by atoms with Crippen molar-refractivity contribution in [1.29, 1.82) is 0 Å². The van der Waals surface area contributed by atoms with Gasteiger partial charge in [0.25, 0.3) is 5.91 Å². The molecule has 0 saturated carbocycles. The van der Waals surface area contributed by atoms with E-state index in [1.54, 1.807) is 0 Å². The van der Waals surface area contributed by atoms with Gasteiger partial charge in [-0.2, -0.15) is 4.31 Å². The minimum Gasteiger partial charge on any atom is -0.337 e. The van der Waals surface area contributed by atoms with E-state index in [1.165, 1.54) is 21.3 Å². The van der Waals surface area contributed by atoms with Crippen molar-refractivity contribution in [1.82, 2.24) is 9.21 Å². The number of carbonyl (C=O) groups is 1. The normalized spacial score (nSPS) is 16.2. The molecule has 0 radical (unpaired) electrons. The third-order valence-corrected chi connectivity index (χ3v) is 6.27. The Kier molecular flexibility index (Phi) is 5.52. The van der Waals surface area contributed by atoms with Gasteiger partial charge in [0.15, 0.2) is 0 Å². The summed E-state index contributed by atoms with van der Waals surface area (Å²) >= 11 is 0. The number of amides is 1. The molecule has 3 rings (SSSR count). The first-order valence-electron chi connectivity index (χ1n) is 8.29. The summed E-state index contributed by atoms with van der Waals surface area (Å²) in [6.07, 6.45) is 0.336. The number of rotatable bonds is 3. The van der Waals surface area contributed by atoms with Crippen molar-refractivity contribution in [3.05, 3.63) is 65.5 Å². The molecule has 144 valence electrons. The summed E-state index contributed by atoms with van der Waals surface area (Å²) in [4.78, 5) is 13.8. The van der Waals surface area contributed by atoms with Crippen LogP contribution in [-0.4, -0.2) is 49.7 Å². The van der Waals surface area contributed by atoms with Crippen molar-refractivity contribution in [2.24, 2.45) is 0 Å². The maximum Gasteiger partial charge on any atom is 0.256 e. The fraction of sp³-hybridized carbons (Fsp3) is 0.278. The summed E-state index contributed by atoms with van der Waals surface area (Å²) in [6, 6.07) is 7.12. The smallest absolute Gasteiger partial charge is 0.256 e. The van der Waals surface area contributed by atoms with Gasteiger partial charge in [0.05, 0.1) is 10.5 Å². The van der Waals surface area contributed by atoms with E-state index in [-0.39, 0.29) is 36.6 Å². The number of carbonyl (C=O) groups excluding carboxylic acids is 1. The molecule has 9 heteroatoms. The molecule has 1 amide bonds. The average Bonchev–Trinajstić information content (AvgIpc) is 2.90. The van der Waals surface area contributed by atoms with Crippen molar-refractivity contribution in [2.75, 3.05) is 26.2 Å². The quantitative estimate of drug-likeness (QED) is 0.799. The van der Waals surface area contributed by atoms with Gasteiger partial charge in [-0.1, -0.05) is 0 Å². The van der Waals surface area contributed by atoms with E-state index in [4.69, 9.17) is 0 Å². The van der Waals surface area contributed by atoms with Crippen molar-refractivity contribution in [3.63, 3.8) is 0 Å². The third-order valence-electron chi connectivity index (χ3n) is 4.35. The Bertz CT molecular complexity index is 949. The summed E-state index contributed by atoms with van der Waals surface area (Å²) in [5.41, 5.74) is -0.384. The molecule has 0 bridgehead atoms. The molecule has 1 aliphatic rings. The fourth-order valence-electron chi connectivity index (χ4n) is 2.92. The molecule has 0 aliphatic carbocycles. The van der Waals surface area contributed by atoms with Gasteiger partial charge in [-0.15, -0.1) is 0 Å². The zero-order valence-corrected chi connectivity index (χ0v) is 15.1. The van der Waals surface area contributed by atoms with E-state index in [2.05, 4.69) is 0 Å². The lowest BCUT2D eigenvalue weighted by Gasteiger charge is -2.22. The van der Waals surface area contributed by atoms with E-state index in [0.29, 0.717) is 6.42 Å². The maximum atomic E-state index is 13.8. The Morgan fingerprint density at radius 2 is 1.52 bits per heavy atom. The first-order valence-corrected chi connectivity index (χ1v) is 9.73. The molecule has 27 heavy (non-hydrogen) atoms. The molecule has 2 aromatic rings. The summed E-state index contributed by atoms with van der Waals surface area (Å²) in [5, 5.41) is 0. The topological polar surface area (TPSA) is 57.7 Å². The first kappa shape index (κ1) is 19.4. The summed E-state index contributed by atoms with van der Waals surface area (Å²) in [7, 11) is -3.84. The van der Waals surface area contributed by atoms with Gasteiger partial charge >= 0.3 is 0 Å². The number of benzene rings is 2. The number of hydrogen-bond donors (Lipinski definition) is 0. The van der Waals surface area contributed by atoms with Crippen LogP contribution in [0.25, 0.3) is 0 Å². The van der Waals surface area contributed by atoms with Gasteiger partial charge in [0, 0.05) is 26.2 Å². The highest BCUT2D eigenvalue weighted by Crippen LogP contribution is 2.20. The molecule has 0 atom stereocenters. The number of sulfonamides is 1. The van der Waals surface area contributed by atoms with Crippen LogP contribution in [-0.2, 0) is 10.0 Å².